The summed E-state index contributed by atoms with van der Waals surface area (Å²) in [6.07, 6.45) is 1.65. The van der Waals surface area contributed by atoms with Crippen LogP contribution in [0.25, 0.3) is 0 Å². The lowest BCUT2D eigenvalue weighted by Gasteiger charge is -2.12. The van der Waals surface area contributed by atoms with Gasteiger partial charge in [0.25, 0.3) is 0 Å². The van der Waals surface area contributed by atoms with Gasteiger partial charge in [0.2, 0.25) is 5.78 Å². The van der Waals surface area contributed by atoms with Gasteiger partial charge in [-0.1, -0.05) is 11.6 Å². The van der Waals surface area contributed by atoms with Crippen molar-refractivity contribution in [2.75, 3.05) is 20.6 Å². The van der Waals surface area contributed by atoms with Gasteiger partial charge in [-0.3, -0.25) is 9.48 Å². The third-order valence-electron chi connectivity index (χ3n) is 3.07. The van der Waals surface area contributed by atoms with Crippen molar-refractivity contribution in [1.82, 2.24) is 14.7 Å². The minimum absolute atomic E-state index is 0.0799. The number of nitrogens with zero attached hydrogens (tertiary/aromatic N) is 3. The summed E-state index contributed by atoms with van der Waals surface area (Å²) in [5.41, 5.74) is 2.09. The van der Waals surface area contributed by atoms with E-state index < -0.39 is 0 Å². The number of benzene rings is 1. The molecule has 0 saturated carbocycles. The molecule has 0 aliphatic carbocycles. The molecule has 0 unspecified atom stereocenters. The maximum atomic E-state index is 12.7. The van der Waals surface area contributed by atoms with Crippen LogP contribution in [-0.2, 0) is 6.54 Å². The molecule has 6 heteroatoms. The molecule has 0 atom stereocenters. The molecular weight excluding hydrogens is 354 g/mol. The molecule has 0 radical (unpaired) electrons. The van der Waals surface area contributed by atoms with Gasteiger partial charge in [0.1, 0.15) is 5.69 Å². The summed E-state index contributed by atoms with van der Waals surface area (Å²) in [5, 5.41) is 4.83. The molecule has 0 fully saturated rings. The van der Waals surface area contributed by atoms with Crippen LogP contribution in [0.1, 0.15) is 21.6 Å². The van der Waals surface area contributed by atoms with E-state index in [-0.39, 0.29) is 5.78 Å². The first-order chi connectivity index (χ1) is 9.88. The zero-order chi connectivity index (χ0) is 15.6. The molecule has 0 amide bonds. The average Bonchev–Trinajstić information content (AvgIpc) is 2.75. The van der Waals surface area contributed by atoms with Crippen LogP contribution in [0, 0.1) is 6.92 Å². The van der Waals surface area contributed by atoms with Crippen molar-refractivity contribution in [1.29, 1.82) is 0 Å². The molecule has 0 saturated heterocycles. The number of hydrogen-bond acceptors (Lipinski definition) is 3. The highest BCUT2D eigenvalue weighted by atomic mass is 79.9. The number of halogens is 2. The third kappa shape index (κ3) is 3.93. The van der Waals surface area contributed by atoms with E-state index >= 15 is 0 Å². The predicted octanol–water partition coefficient (Wildman–Crippen LogP) is 3.40. The second kappa shape index (κ2) is 6.73. The highest BCUT2D eigenvalue weighted by molar-refractivity contribution is 9.10. The standard InChI is InChI=1S/C15H17BrClN3O/c1-10-6-11(8-12(17)7-10)15(21)14-13(16)9-18-20(14)5-4-19(2)3/h6-9H,4-5H2,1-3H3. The van der Waals surface area contributed by atoms with Gasteiger partial charge in [-0.25, -0.2) is 0 Å². The van der Waals surface area contributed by atoms with Crippen molar-refractivity contribution in [3.63, 3.8) is 0 Å². The highest BCUT2D eigenvalue weighted by Gasteiger charge is 2.19. The highest BCUT2D eigenvalue weighted by Crippen LogP contribution is 2.22. The molecule has 1 aromatic carbocycles. The van der Waals surface area contributed by atoms with E-state index in [0.29, 0.717) is 27.3 Å². The lowest BCUT2D eigenvalue weighted by molar-refractivity contribution is 0.102. The first-order valence-corrected chi connectivity index (χ1v) is 7.73. The van der Waals surface area contributed by atoms with E-state index in [1.165, 1.54) is 0 Å². The van der Waals surface area contributed by atoms with Gasteiger partial charge in [-0.15, -0.1) is 0 Å². The van der Waals surface area contributed by atoms with Crippen LogP contribution in [0.3, 0.4) is 0 Å². The summed E-state index contributed by atoms with van der Waals surface area (Å²) in [4.78, 5) is 14.8. The van der Waals surface area contributed by atoms with Crippen molar-refractivity contribution >= 4 is 33.3 Å². The Morgan fingerprint density at radius 3 is 2.71 bits per heavy atom. The maximum absolute atomic E-state index is 12.7. The Hall–Kier alpha value is -1.17. The molecule has 0 aliphatic rings. The number of ketones is 1. The lowest BCUT2D eigenvalue weighted by Crippen LogP contribution is -2.21. The largest absolute Gasteiger partial charge is 0.308 e. The zero-order valence-electron chi connectivity index (χ0n) is 12.2. The van der Waals surface area contributed by atoms with Crippen molar-refractivity contribution in [2.45, 2.75) is 13.5 Å². The molecule has 4 nitrogen and oxygen atoms in total. The zero-order valence-corrected chi connectivity index (χ0v) is 14.6. The Labute approximate surface area is 137 Å². The number of likely N-dealkylation sites (N-methyl/N-ethyl adjacent to an activating group) is 1. The third-order valence-corrected chi connectivity index (χ3v) is 3.87. The summed E-state index contributed by atoms with van der Waals surface area (Å²) < 4.78 is 2.42. The van der Waals surface area contributed by atoms with Gasteiger partial charge in [-0.2, -0.15) is 5.10 Å². The van der Waals surface area contributed by atoms with E-state index in [1.54, 1.807) is 16.9 Å². The number of hydrogen-bond donors (Lipinski definition) is 0. The Morgan fingerprint density at radius 2 is 2.10 bits per heavy atom. The first-order valence-electron chi connectivity index (χ1n) is 6.56. The van der Waals surface area contributed by atoms with Gasteiger partial charge in [0.15, 0.2) is 0 Å². The molecular formula is C15H17BrClN3O. The SMILES string of the molecule is Cc1cc(Cl)cc(C(=O)c2c(Br)cnn2CCN(C)C)c1. The van der Waals surface area contributed by atoms with Gasteiger partial charge in [0.05, 0.1) is 17.2 Å². The molecule has 0 spiro atoms. The molecule has 112 valence electrons. The predicted molar refractivity (Wildman–Crippen MR) is 88.1 cm³/mol. The second-order valence-electron chi connectivity index (χ2n) is 5.21. The van der Waals surface area contributed by atoms with Crippen molar-refractivity contribution in [3.8, 4) is 0 Å². The fraction of sp³-hybridized carbons (Fsp3) is 0.333. The molecule has 0 N–H and O–H groups in total. The van der Waals surface area contributed by atoms with E-state index in [9.17, 15) is 4.79 Å². The van der Waals surface area contributed by atoms with Crippen LogP contribution in [0.15, 0.2) is 28.9 Å². The van der Waals surface area contributed by atoms with Crippen LogP contribution in [0.5, 0.6) is 0 Å². The number of rotatable bonds is 5. The first kappa shape index (κ1) is 16.2. The average molecular weight is 371 g/mol. The normalized spacial score (nSPS) is 11.1. The molecule has 1 heterocycles. The van der Waals surface area contributed by atoms with Gasteiger partial charge < -0.3 is 4.90 Å². The van der Waals surface area contributed by atoms with Crippen LogP contribution < -0.4 is 0 Å². The molecule has 21 heavy (non-hydrogen) atoms. The lowest BCUT2D eigenvalue weighted by atomic mass is 10.1. The van der Waals surface area contributed by atoms with E-state index in [2.05, 4.69) is 21.0 Å². The Bertz CT molecular complexity index is 647. The van der Waals surface area contributed by atoms with E-state index in [1.807, 2.05) is 38.1 Å². The number of carbonyl (C=O) groups is 1. The summed E-state index contributed by atoms with van der Waals surface area (Å²) in [6, 6.07) is 5.35. The maximum Gasteiger partial charge on any atom is 0.212 e. The summed E-state index contributed by atoms with van der Waals surface area (Å²) in [5.74, 6) is -0.0799. The number of aryl methyl sites for hydroxylation is 1. The van der Waals surface area contributed by atoms with E-state index in [0.717, 1.165) is 12.1 Å². The van der Waals surface area contributed by atoms with Crippen LogP contribution in [0.2, 0.25) is 5.02 Å². The second-order valence-corrected chi connectivity index (χ2v) is 6.50. The molecule has 0 bridgehead atoms. The molecule has 1 aromatic heterocycles. The fourth-order valence-corrected chi connectivity index (χ4v) is 2.82. The summed E-state index contributed by atoms with van der Waals surface area (Å²) in [7, 11) is 3.97. The van der Waals surface area contributed by atoms with Crippen LogP contribution >= 0.6 is 27.5 Å². The van der Waals surface area contributed by atoms with Gasteiger partial charge in [-0.05, 0) is 60.7 Å². The number of aromatic nitrogens is 2. The number of carbonyl (C=O) groups excluding carboxylic acids is 1. The summed E-state index contributed by atoms with van der Waals surface area (Å²) in [6.45, 7) is 3.38. The minimum atomic E-state index is -0.0799. The van der Waals surface area contributed by atoms with Crippen molar-refractivity contribution in [2.24, 2.45) is 0 Å². The quantitative estimate of drug-likeness (QED) is 0.757. The Kier molecular flexibility index (Phi) is 5.19. The topological polar surface area (TPSA) is 38.1 Å². The van der Waals surface area contributed by atoms with Gasteiger partial charge in [0, 0.05) is 17.1 Å². The Balaban J connectivity index is 2.36. The summed E-state index contributed by atoms with van der Waals surface area (Å²) >= 11 is 9.45. The molecule has 2 rings (SSSR count). The monoisotopic (exact) mass is 369 g/mol. The Morgan fingerprint density at radius 1 is 1.38 bits per heavy atom. The molecule has 0 aliphatic heterocycles. The van der Waals surface area contributed by atoms with Crippen LogP contribution in [0.4, 0.5) is 0 Å². The minimum Gasteiger partial charge on any atom is -0.308 e. The fourth-order valence-electron chi connectivity index (χ4n) is 2.06. The van der Waals surface area contributed by atoms with E-state index in [4.69, 9.17) is 11.6 Å². The van der Waals surface area contributed by atoms with Crippen molar-refractivity contribution < 1.29 is 4.79 Å². The van der Waals surface area contributed by atoms with Gasteiger partial charge >= 0.3 is 0 Å². The molecule has 2 aromatic rings. The smallest absolute Gasteiger partial charge is 0.212 e. The van der Waals surface area contributed by atoms with Crippen molar-refractivity contribution in [3.05, 3.63) is 50.7 Å². The van der Waals surface area contributed by atoms with Crippen LogP contribution in [-0.4, -0.2) is 41.1 Å².